The molecule has 2 fully saturated rings. The molecule has 23 heavy (non-hydrogen) atoms. The van der Waals surface area contributed by atoms with Crippen LogP contribution in [0.25, 0.3) is 0 Å². The molecule has 0 amide bonds. The molecular weight excluding hydrogens is 288 g/mol. The highest BCUT2D eigenvalue weighted by Gasteiger charge is 2.45. The van der Waals surface area contributed by atoms with Gasteiger partial charge in [0.2, 0.25) is 0 Å². The van der Waals surface area contributed by atoms with Crippen molar-refractivity contribution in [2.75, 3.05) is 13.2 Å². The number of nitrogens with zero attached hydrogens (tertiary/aromatic N) is 2. The van der Waals surface area contributed by atoms with Crippen molar-refractivity contribution < 1.29 is 9.53 Å². The van der Waals surface area contributed by atoms with Gasteiger partial charge in [0.1, 0.15) is 0 Å². The summed E-state index contributed by atoms with van der Waals surface area (Å²) in [4.78, 5) is 19.0. The summed E-state index contributed by atoms with van der Waals surface area (Å²) in [6.07, 6.45) is 11.2. The van der Waals surface area contributed by atoms with Crippen LogP contribution in [-0.4, -0.2) is 35.0 Å². The Bertz CT molecular complexity index is 609. The average molecular weight is 314 g/mol. The van der Waals surface area contributed by atoms with E-state index >= 15 is 0 Å². The van der Waals surface area contributed by atoms with Gasteiger partial charge < -0.3 is 4.74 Å². The quantitative estimate of drug-likeness (QED) is 0.803. The molecule has 4 nitrogen and oxygen atoms in total. The summed E-state index contributed by atoms with van der Waals surface area (Å²) in [7, 11) is 0. The minimum atomic E-state index is -0.257. The van der Waals surface area contributed by atoms with E-state index in [1.807, 2.05) is 13.0 Å². The lowest BCUT2D eigenvalue weighted by Gasteiger charge is -2.40. The Kier molecular flexibility index (Phi) is 3.88. The molecule has 1 spiro atoms. The van der Waals surface area contributed by atoms with Gasteiger partial charge in [-0.25, -0.2) is 4.79 Å². The summed E-state index contributed by atoms with van der Waals surface area (Å²) in [5.41, 5.74) is 3.67. The van der Waals surface area contributed by atoms with Gasteiger partial charge in [-0.15, -0.1) is 0 Å². The smallest absolute Gasteiger partial charge is 0.339 e. The van der Waals surface area contributed by atoms with E-state index in [0.717, 1.165) is 31.2 Å². The highest BCUT2D eigenvalue weighted by molar-refractivity contribution is 5.89. The van der Waals surface area contributed by atoms with Crippen LogP contribution in [0, 0.1) is 5.41 Å². The highest BCUT2D eigenvalue weighted by Crippen LogP contribution is 2.54. The molecule has 4 heteroatoms. The monoisotopic (exact) mass is 314 g/mol. The summed E-state index contributed by atoms with van der Waals surface area (Å²) in [5.74, 6) is -0.257. The van der Waals surface area contributed by atoms with Crippen LogP contribution in [0.15, 0.2) is 12.3 Å². The minimum absolute atomic E-state index is 0.257. The molecule has 0 radical (unpaired) electrons. The van der Waals surface area contributed by atoms with Crippen molar-refractivity contribution in [3.8, 4) is 0 Å². The number of hydrogen-bond acceptors (Lipinski definition) is 4. The predicted molar refractivity (Wildman–Crippen MR) is 88.2 cm³/mol. The van der Waals surface area contributed by atoms with E-state index < -0.39 is 0 Å². The van der Waals surface area contributed by atoms with Crippen molar-refractivity contribution in [3.63, 3.8) is 0 Å². The first-order chi connectivity index (χ1) is 11.2. The van der Waals surface area contributed by atoms with E-state index in [1.54, 1.807) is 6.20 Å². The summed E-state index contributed by atoms with van der Waals surface area (Å²) in [6.45, 7) is 4.28. The van der Waals surface area contributed by atoms with Gasteiger partial charge in [0.15, 0.2) is 0 Å². The maximum Gasteiger partial charge on any atom is 0.339 e. The van der Waals surface area contributed by atoms with Crippen molar-refractivity contribution >= 4 is 5.97 Å². The summed E-state index contributed by atoms with van der Waals surface area (Å²) < 4.78 is 5.07. The standard InChI is InChI=1S/C19H26N2O2/c1-2-23-18(22)15-10-14-5-9-21(13-17(14)20-12-15)16-4-8-19(11-16)6-3-7-19/h10,12,16H,2-9,11,13H2,1H3/t16-/m1/s1. The van der Waals surface area contributed by atoms with Crippen molar-refractivity contribution in [1.29, 1.82) is 0 Å². The van der Waals surface area contributed by atoms with Crippen LogP contribution < -0.4 is 0 Å². The lowest BCUT2D eigenvalue weighted by atomic mass is 9.67. The number of rotatable bonds is 3. The van der Waals surface area contributed by atoms with E-state index in [1.165, 1.54) is 44.1 Å². The zero-order valence-corrected chi connectivity index (χ0v) is 14.0. The van der Waals surface area contributed by atoms with Crippen molar-refractivity contribution in [3.05, 3.63) is 29.1 Å². The second kappa shape index (κ2) is 5.90. The summed E-state index contributed by atoms with van der Waals surface area (Å²) >= 11 is 0. The first kappa shape index (κ1) is 15.1. The van der Waals surface area contributed by atoms with Gasteiger partial charge in [-0.05, 0) is 62.5 Å². The second-order valence-electron chi connectivity index (χ2n) is 7.52. The fourth-order valence-electron chi connectivity index (χ4n) is 4.69. The van der Waals surface area contributed by atoms with Crippen LogP contribution in [0.4, 0.5) is 0 Å². The number of ether oxygens (including phenoxy) is 1. The van der Waals surface area contributed by atoms with Gasteiger partial charge >= 0.3 is 5.97 Å². The molecule has 0 bridgehead atoms. The van der Waals surface area contributed by atoms with Crippen LogP contribution >= 0.6 is 0 Å². The third kappa shape index (κ3) is 2.78. The topological polar surface area (TPSA) is 42.4 Å². The molecule has 2 heterocycles. The van der Waals surface area contributed by atoms with E-state index in [2.05, 4.69) is 9.88 Å². The number of fused-ring (bicyclic) bond motifs is 1. The normalized spacial score (nSPS) is 25.9. The Hall–Kier alpha value is -1.42. The van der Waals surface area contributed by atoms with E-state index in [0.29, 0.717) is 17.6 Å². The molecule has 3 aliphatic rings. The number of aromatic nitrogens is 1. The van der Waals surface area contributed by atoms with Crippen molar-refractivity contribution in [1.82, 2.24) is 9.88 Å². The molecule has 2 aliphatic carbocycles. The lowest BCUT2D eigenvalue weighted by molar-refractivity contribution is 0.0525. The van der Waals surface area contributed by atoms with Gasteiger partial charge in [0, 0.05) is 25.3 Å². The Morgan fingerprint density at radius 1 is 1.43 bits per heavy atom. The lowest BCUT2D eigenvalue weighted by Crippen LogP contribution is -2.39. The Morgan fingerprint density at radius 2 is 2.30 bits per heavy atom. The highest BCUT2D eigenvalue weighted by atomic mass is 16.5. The number of carbonyl (C=O) groups excluding carboxylic acids is 1. The molecule has 0 saturated heterocycles. The average Bonchev–Trinajstić information content (AvgIpc) is 3.00. The second-order valence-corrected chi connectivity index (χ2v) is 7.52. The zero-order valence-electron chi connectivity index (χ0n) is 14.0. The van der Waals surface area contributed by atoms with Crippen LogP contribution in [0.1, 0.15) is 67.1 Å². The molecule has 0 N–H and O–H groups in total. The SMILES string of the molecule is CCOC(=O)c1cnc2c(c1)CCN([C@@H]1CCC3(CCC3)C1)C2. The molecule has 4 rings (SSSR count). The van der Waals surface area contributed by atoms with Gasteiger partial charge in [0.05, 0.1) is 17.9 Å². The molecule has 1 aromatic heterocycles. The van der Waals surface area contributed by atoms with Crippen LogP contribution in [-0.2, 0) is 17.7 Å². The third-order valence-electron chi connectivity index (χ3n) is 6.20. The number of esters is 1. The molecule has 0 unspecified atom stereocenters. The predicted octanol–water partition coefficient (Wildman–Crippen LogP) is 3.34. The molecule has 124 valence electrons. The van der Waals surface area contributed by atoms with Crippen molar-refractivity contribution in [2.24, 2.45) is 5.41 Å². The molecule has 1 atom stereocenters. The fourth-order valence-corrected chi connectivity index (χ4v) is 4.69. The Morgan fingerprint density at radius 3 is 3.00 bits per heavy atom. The number of pyridine rings is 1. The molecule has 0 aromatic carbocycles. The first-order valence-electron chi connectivity index (χ1n) is 9.08. The van der Waals surface area contributed by atoms with Gasteiger partial charge in [-0.1, -0.05) is 6.42 Å². The summed E-state index contributed by atoms with van der Waals surface area (Å²) in [5, 5.41) is 0. The molecule has 1 aromatic rings. The van der Waals surface area contributed by atoms with Gasteiger partial charge in [0.25, 0.3) is 0 Å². The minimum Gasteiger partial charge on any atom is -0.462 e. The maximum atomic E-state index is 11.8. The van der Waals surface area contributed by atoms with Gasteiger partial charge in [-0.2, -0.15) is 0 Å². The Labute approximate surface area is 138 Å². The van der Waals surface area contributed by atoms with E-state index in [-0.39, 0.29) is 5.97 Å². The number of hydrogen-bond donors (Lipinski definition) is 0. The molecule has 1 aliphatic heterocycles. The van der Waals surface area contributed by atoms with Crippen LogP contribution in [0.3, 0.4) is 0 Å². The van der Waals surface area contributed by atoms with E-state index in [9.17, 15) is 4.79 Å². The first-order valence-corrected chi connectivity index (χ1v) is 9.08. The van der Waals surface area contributed by atoms with Gasteiger partial charge in [-0.3, -0.25) is 9.88 Å². The molecule has 2 saturated carbocycles. The zero-order chi connectivity index (χ0) is 15.9. The van der Waals surface area contributed by atoms with Crippen LogP contribution in [0.2, 0.25) is 0 Å². The summed E-state index contributed by atoms with van der Waals surface area (Å²) in [6, 6.07) is 2.73. The van der Waals surface area contributed by atoms with Crippen molar-refractivity contribution in [2.45, 2.75) is 64.5 Å². The molecular formula is C19H26N2O2. The third-order valence-corrected chi connectivity index (χ3v) is 6.20. The van der Waals surface area contributed by atoms with E-state index in [4.69, 9.17) is 4.74 Å². The maximum absolute atomic E-state index is 11.8. The fraction of sp³-hybridized carbons (Fsp3) is 0.684. The van der Waals surface area contributed by atoms with Crippen LogP contribution in [0.5, 0.6) is 0 Å². The Balaban J connectivity index is 1.44. The number of carbonyl (C=O) groups is 1. The largest absolute Gasteiger partial charge is 0.462 e.